The minimum atomic E-state index is -2.78. The third kappa shape index (κ3) is 7.91. The zero-order chi connectivity index (χ0) is 32.0. The van der Waals surface area contributed by atoms with E-state index in [0.29, 0.717) is 12.2 Å². The van der Waals surface area contributed by atoms with Gasteiger partial charge in [-0.1, -0.05) is 24.3 Å². The highest BCUT2D eigenvalue weighted by molar-refractivity contribution is 6.05. The number of nitrogens with one attached hydrogen (secondary N) is 1. The van der Waals surface area contributed by atoms with Gasteiger partial charge < -0.3 is 34.1 Å². The molecule has 12 heteroatoms. The van der Waals surface area contributed by atoms with Crippen molar-refractivity contribution in [2.45, 2.75) is 31.3 Å². The van der Waals surface area contributed by atoms with E-state index in [1.807, 2.05) is 6.92 Å². The van der Waals surface area contributed by atoms with E-state index < -0.39 is 41.3 Å². The van der Waals surface area contributed by atoms with Crippen LogP contribution in [0.2, 0.25) is 0 Å². The van der Waals surface area contributed by atoms with Gasteiger partial charge in [-0.15, -0.1) is 0 Å². The van der Waals surface area contributed by atoms with Crippen molar-refractivity contribution in [3.05, 3.63) is 114 Å². The second-order valence-electron chi connectivity index (χ2n) is 10.2. The first kappa shape index (κ1) is 31.4. The number of fused-ring (bicyclic) bond motifs is 1. The van der Waals surface area contributed by atoms with Crippen molar-refractivity contribution in [3.63, 3.8) is 0 Å². The summed E-state index contributed by atoms with van der Waals surface area (Å²) >= 11 is 0. The monoisotopic (exact) mass is 623 g/mol. The van der Waals surface area contributed by atoms with E-state index >= 15 is 0 Å². The fourth-order valence-electron chi connectivity index (χ4n) is 4.40. The summed E-state index contributed by atoms with van der Waals surface area (Å²) in [5, 5.41) is 13.5. The SMILES string of the molecule is CC(Cc1ccc2c(c1)OC(C(=O)Oc1cccc(F)c1)(C(=O)Oc1cccc(F)c1)O2)NCC(O)COc1cccc(F)c1. The number of hydrogen-bond acceptors (Lipinski definition) is 9. The molecule has 9 nitrogen and oxygen atoms in total. The molecule has 0 amide bonds. The molecule has 2 unspecified atom stereocenters. The number of aliphatic hydroxyl groups is 1. The van der Waals surface area contributed by atoms with Crippen LogP contribution in [0.25, 0.3) is 0 Å². The highest BCUT2D eigenvalue weighted by atomic mass is 19.1. The summed E-state index contributed by atoms with van der Waals surface area (Å²) in [7, 11) is 0. The molecule has 0 aliphatic carbocycles. The maximum absolute atomic E-state index is 13.7. The number of halogens is 3. The van der Waals surface area contributed by atoms with Gasteiger partial charge in [-0.25, -0.2) is 22.8 Å². The summed E-state index contributed by atoms with van der Waals surface area (Å²) in [5.74, 6) is -7.38. The van der Waals surface area contributed by atoms with Gasteiger partial charge in [-0.3, -0.25) is 0 Å². The van der Waals surface area contributed by atoms with Gasteiger partial charge in [0.2, 0.25) is 0 Å². The Kier molecular flexibility index (Phi) is 9.55. The van der Waals surface area contributed by atoms with Crippen molar-refractivity contribution < 1.29 is 51.6 Å². The zero-order valence-electron chi connectivity index (χ0n) is 23.9. The van der Waals surface area contributed by atoms with Crippen LogP contribution < -0.4 is 29.0 Å². The van der Waals surface area contributed by atoms with E-state index in [4.69, 9.17) is 23.7 Å². The Labute approximate surface area is 256 Å². The third-order valence-electron chi connectivity index (χ3n) is 6.55. The van der Waals surface area contributed by atoms with E-state index in [0.717, 1.165) is 29.8 Å². The minimum Gasteiger partial charge on any atom is -0.491 e. The van der Waals surface area contributed by atoms with Crippen molar-refractivity contribution in [1.82, 2.24) is 5.32 Å². The third-order valence-corrected chi connectivity index (χ3v) is 6.55. The van der Waals surface area contributed by atoms with Crippen molar-refractivity contribution >= 4 is 11.9 Å². The lowest BCUT2D eigenvalue weighted by Crippen LogP contribution is -2.58. The molecule has 2 atom stereocenters. The van der Waals surface area contributed by atoms with Gasteiger partial charge in [0.1, 0.15) is 47.4 Å². The summed E-state index contributed by atoms with van der Waals surface area (Å²) in [6.07, 6.45) is -0.441. The number of hydrogen-bond donors (Lipinski definition) is 2. The van der Waals surface area contributed by atoms with Crippen molar-refractivity contribution in [2.75, 3.05) is 13.2 Å². The highest BCUT2D eigenvalue weighted by Crippen LogP contribution is 2.42. The Hall–Kier alpha value is -5.07. The molecule has 0 aromatic heterocycles. The summed E-state index contributed by atoms with van der Waals surface area (Å²) < 4.78 is 68.1. The normalized spacial score (nSPS) is 14.3. The van der Waals surface area contributed by atoms with Gasteiger partial charge >= 0.3 is 17.7 Å². The average Bonchev–Trinajstić information content (AvgIpc) is 3.40. The maximum Gasteiger partial charge on any atom is 0.454 e. The lowest BCUT2D eigenvalue weighted by atomic mass is 10.1. The van der Waals surface area contributed by atoms with E-state index in [9.17, 15) is 27.9 Å². The first-order chi connectivity index (χ1) is 21.6. The molecule has 1 aliphatic rings. The molecule has 45 heavy (non-hydrogen) atoms. The molecule has 2 N–H and O–H groups in total. The summed E-state index contributed by atoms with van der Waals surface area (Å²) in [4.78, 5) is 26.7. The Morgan fingerprint density at radius 3 is 1.89 bits per heavy atom. The van der Waals surface area contributed by atoms with E-state index in [-0.39, 0.29) is 42.2 Å². The molecule has 0 fully saturated rings. The fourth-order valence-corrected chi connectivity index (χ4v) is 4.40. The molecule has 4 aromatic carbocycles. The van der Waals surface area contributed by atoms with E-state index in [1.165, 1.54) is 48.5 Å². The molecule has 0 spiro atoms. The number of aliphatic hydroxyl groups excluding tert-OH is 1. The predicted molar refractivity (Wildman–Crippen MR) is 154 cm³/mol. The Bertz CT molecular complexity index is 1620. The van der Waals surface area contributed by atoms with Crippen LogP contribution in [0.4, 0.5) is 13.2 Å². The first-order valence-corrected chi connectivity index (χ1v) is 13.9. The standard InChI is InChI=1S/C33H28F3NO8/c1-20(37-18-25(38)19-41-26-8-2-5-22(34)15-26)13-21-11-12-29-30(14-21)45-33(44-29,31(39)42-27-9-3-6-23(35)16-27)32(40)43-28-10-4-7-24(36)17-28/h2-12,14-17,20,25,37-38H,13,18-19H2,1H3. The summed E-state index contributed by atoms with van der Waals surface area (Å²) in [6.45, 7) is 2.01. The second-order valence-corrected chi connectivity index (χ2v) is 10.2. The average molecular weight is 624 g/mol. The summed E-state index contributed by atoms with van der Waals surface area (Å²) in [6, 6.07) is 19.5. The minimum absolute atomic E-state index is 0.0237. The molecular formula is C33H28F3NO8. The number of ether oxygens (including phenoxy) is 5. The molecule has 5 rings (SSSR count). The molecular weight excluding hydrogens is 595 g/mol. The molecule has 0 saturated carbocycles. The van der Waals surface area contributed by atoms with Crippen LogP contribution in [0.1, 0.15) is 12.5 Å². The molecule has 0 saturated heterocycles. The smallest absolute Gasteiger partial charge is 0.454 e. The largest absolute Gasteiger partial charge is 0.491 e. The van der Waals surface area contributed by atoms with Gasteiger partial charge in [0, 0.05) is 30.8 Å². The van der Waals surface area contributed by atoms with Crippen LogP contribution in [0.15, 0.2) is 91.0 Å². The lowest BCUT2D eigenvalue weighted by molar-refractivity contribution is -0.190. The van der Waals surface area contributed by atoms with Crippen LogP contribution in [0, 0.1) is 17.5 Å². The maximum atomic E-state index is 13.7. The Morgan fingerprint density at radius 2 is 1.31 bits per heavy atom. The highest BCUT2D eigenvalue weighted by Gasteiger charge is 2.60. The fraction of sp³-hybridized carbons (Fsp3) is 0.212. The zero-order valence-corrected chi connectivity index (χ0v) is 23.9. The Morgan fingerprint density at radius 1 is 0.778 bits per heavy atom. The number of carbonyl (C=O) groups excluding carboxylic acids is 2. The van der Waals surface area contributed by atoms with E-state index in [1.54, 1.807) is 18.2 Å². The van der Waals surface area contributed by atoms with E-state index in [2.05, 4.69) is 5.32 Å². The summed E-state index contributed by atoms with van der Waals surface area (Å²) in [5.41, 5.74) is 0.718. The molecule has 0 radical (unpaired) electrons. The van der Waals surface area contributed by atoms with Gasteiger partial charge in [-0.05, 0) is 67.4 Å². The Balaban J connectivity index is 1.25. The molecule has 234 valence electrons. The second kappa shape index (κ2) is 13.7. The van der Waals surface area contributed by atoms with Gasteiger partial charge in [-0.2, -0.15) is 0 Å². The van der Waals surface area contributed by atoms with Crippen LogP contribution in [-0.2, 0) is 16.0 Å². The number of carbonyl (C=O) groups is 2. The predicted octanol–water partition coefficient (Wildman–Crippen LogP) is 4.74. The van der Waals surface area contributed by atoms with Crippen LogP contribution >= 0.6 is 0 Å². The molecule has 1 heterocycles. The van der Waals surface area contributed by atoms with Gasteiger partial charge in [0.05, 0.1) is 0 Å². The van der Waals surface area contributed by atoms with Crippen molar-refractivity contribution in [3.8, 4) is 28.7 Å². The van der Waals surface area contributed by atoms with Crippen molar-refractivity contribution in [1.29, 1.82) is 0 Å². The first-order valence-electron chi connectivity index (χ1n) is 13.9. The lowest BCUT2D eigenvalue weighted by Gasteiger charge is -2.23. The molecule has 0 bridgehead atoms. The van der Waals surface area contributed by atoms with Gasteiger partial charge in [0.25, 0.3) is 0 Å². The van der Waals surface area contributed by atoms with Crippen LogP contribution in [-0.4, -0.2) is 48.1 Å². The molecule has 4 aromatic rings. The van der Waals surface area contributed by atoms with Crippen LogP contribution in [0.3, 0.4) is 0 Å². The quantitative estimate of drug-likeness (QED) is 0.131. The number of benzene rings is 4. The van der Waals surface area contributed by atoms with Crippen molar-refractivity contribution in [2.24, 2.45) is 0 Å². The van der Waals surface area contributed by atoms with Crippen LogP contribution in [0.5, 0.6) is 28.7 Å². The number of esters is 2. The molecule has 1 aliphatic heterocycles. The topological polar surface area (TPSA) is 113 Å². The van der Waals surface area contributed by atoms with Gasteiger partial charge in [0.15, 0.2) is 11.5 Å². The number of rotatable bonds is 12.